The lowest BCUT2D eigenvalue weighted by Gasteiger charge is -2.07. The van der Waals surface area contributed by atoms with E-state index in [9.17, 15) is 4.79 Å². The van der Waals surface area contributed by atoms with Crippen LogP contribution in [0.2, 0.25) is 0 Å². The summed E-state index contributed by atoms with van der Waals surface area (Å²) in [4.78, 5) is 12.1. The molecule has 0 unspecified atom stereocenters. The van der Waals surface area contributed by atoms with Crippen molar-refractivity contribution in [3.8, 4) is 11.5 Å². The molecule has 0 spiro atoms. The SMILES string of the molecule is Bc1ccc(C(=O)/C=C/c2ccc(OC)c(OC)c2)cc1. The second kappa shape index (κ2) is 6.79. The average Bonchev–Trinajstić information content (AvgIpc) is 2.52. The number of carbonyl (C=O) groups is 1. The van der Waals surface area contributed by atoms with Gasteiger partial charge in [0.05, 0.1) is 14.2 Å². The molecule has 0 bridgehead atoms. The van der Waals surface area contributed by atoms with E-state index in [1.54, 1.807) is 26.4 Å². The van der Waals surface area contributed by atoms with E-state index < -0.39 is 0 Å². The van der Waals surface area contributed by atoms with Gasteiger partial charge in [-0.15, -0.1) is 0 Å². The molecule has 0 amide bonds. The molecule has 0 radical (unpaired) electrons. The first-order valence-electron chi connectivity index (χ1n) is 6.65. The molecular weight excluding hydrogens is 263 g/mol. The Morgan fingerprint density at radius 1 is 1.00 bits per heavy atom. The van der Waals surface area contributed by atoms with E-state index in [1.165, 1.54) is 0 Å². The quantitative estimate of drug-likeness (QED) is 0.476. The monoisotopic (exact) mass is 280 g/mol. The third kappa shape index (κ3) is 3.75. The summed E-state index contributed by atoms with van der Waals surface area (Å²) in [5, 5.41) is 0. The molecule has 0 fully saturated rings. The first-order valence-corrected chi connectivity index (χ1v) is 6.65. The lowest BCUT2D eigenvalue weighted by Crippen LogP contribution is -2.03. The predicted molar refractivity (Wildman–Crippen MR) is 87.5 cm³/mol. The van der Waals surface area contributed by atoms with Crippen LogP contribution >= 0.6 is 0 Å². The summed E-state index contributed by atoms with van der Waals surface area (Å²) in [6, 6.07) is 13.0. The fourth-order valence-electron chi connectivity index (χ4n) is 1.94. The molecule has 0 saturated carbocycles. The van der Waals surface area contributed by atoms with Gasteiger partial charge in [-0.3, -0.25) is 4.79 Å². The van der Waals surface area contributed by atoms with Gasteiger partial charge in [0, 0.05) is 5.56 Å². The van der Waals surface area contributed by atoms with E-state index in [0.29, 0.717) is 17.1 Å². The number of hydrogen-bond acceptors (Lipinski definition) is 3. The molecule has 4 heteroatoms. The molecule has 2 aromatic rings. The molecule has 0 saturated heterocycles. The number of ether oxygens (including phenoxy) is 2. The number of rotatable bonds is 5. The van der Waals surface area contributed by atoms with Crippen LogP contribution in [-0.4, -0.2) is 27.8 Å². The number of benzene rings is 2. The van der Waals surface area contributed by atoms with Crippen molar-refractivity contribution in [2.45, 2.75) is 0 Å². The van der Waals surface area contributed by atoms with E-state index >= 15 is 0 Å². The van der Waals surface area contributed by atoms with Gasteiger partial charge in [0.25, 0.3) is 0 Å². The second-order valence-electron chi connectivity index (χ2n) is 4.68. The van der Waals surface area contributed by atoms with Crippen molar-refractivity contribution in [2.24, 2.45) is 0 Å². The molecule has 3 nitrogen and oxygen atoms in total. The number of carbonyl (C=O) groups excluding carboxylic acids is 1. The van der Waals surface area contributed by atoms with Gasteiger partial charge in [0.15, 0.2) is 17.3 Å². The van der Waals surface area contributed by atoms with Crippen molar-refractivity contribution in [3.63, 3.8) is 0 Å². The van der Waals surface area contributed by atoms with Gasteiger partial charge in [0.2, 0.25) is 0 Å². The van der Waals surface area contributed by atoms with Gasteiger partial charge in [-0.1, -0.05) is 41.9 Å². The maximum Gasteiger partial charge on any atom is 0.185 e. The predicted octanol–water partition coefficient (Wildman–Crippen LogP) is 1.86. The molecule has 2 aromatic carbocycles. The summed E-state index contributed by atoms with van der Waals surface area (Å²) in [6.45, 7) is 0. The van der Waals surface area contributed by atoms with Gasteiger partial charge in [0.1, 0.15) is 7.85 Å². The molecule has 0 aromatic heterocycles. The van der Waals surface area contributed by atoms with Crippen LogP contribution in [-0.2, 0) is 0 Å². The molecule has 0 N–H and O–H groups in total. The largest absolute Gasteiger partial charge is 0.493 e. The Labute approximate surface area is 125 Å². The fourth-order valence-corrected chi connectivity index (χ4v) is 1.94. The third-order valence-corrected chi connectivity index (χ3v) is 3.17. The summed E-state index contributed by atoms with van der Waals surface area (Å²) in [5.74, 6) is 1.28. The maximum absolute atomic E-state index is 12.1. The Bertz CT molecular complexity index is 660. The van der Waals surface area contributed by atoms with E-state index in [4.69, 9.17) is 9.47 Å². The van der Waals surface area contributed by atoms with Gasteiger partial charge in [-0.2, -0.15) is 0 Å². The first-order chi connectivity index (χ1) is 10.1. The first kappa shape index (κ1) is 14.9. The van der Waals surface area contributed by atoms with Gasteiger partial charge >= 0.3 is 0 Å². The lowest BCUT2D eigenvalue weighted by molar-refractivity contribution is 0.104. The smallest absolute Gasteiger partial charge is 0.185 e. The minimum Gasteiger partial charge on any atom is -0.493 e. The van der Waals surface area contributed by atoms with E-state index in [-0.39, 0.29) is 5.78 Å². The van der Waals surface area contributed by atoms with Crippen molar-refractivity contribution in [3.05, 3.63) is 59.7 Å². The minimum absolute atomic E-state index is 0.0233. The fraction of sp³-hybridized carbons (Fsp3) is 0.118. The molecule has 106 valence electrons. The highest BCUT2D eigenvalue weighted by Gasteiger charge is 2.04. The summed E-state index contributed by atoms with van der Waals surface area (Å²) >= 11 is 0. The summed E-state index contributed by atoms with van der Waals surface area (Å²) in [5.41, 5.74) is 2.70. The Morgan fingerprint density at radius 2 is 1.67 bits per heavy atom. The second-order valence-corrected chi connectivity index (χ2v) is 4.68. The Hall–Kier alpha value is -2.49. The van der Waals surface area contributed by atoms with Crippen molar-refractivity contribution in [2.75, 3.05) is 14.2 Å². The minimum atomic E-state index is -0.0233. The van der Waals surface area contributed by atoms with E-state index in [1.807, 2.05) is 50.3 Å². The van der Waals surface area contributed by atoms with Crippen LogP contribution in [0.3, 0.4) is 0 Å². The van der Waals surface area contributed by atoms with Crippen LogP contribution in [0, 0.1) is 0 Å². The van der Waals surface area contributed by atoms with Crippen LogP contribution < -0.4 is 14.9 Å². The summed E-state index contributed by atoms with van der Waals surface area (Å²) < 4.78 is 10.4. The highest BCUT2D eigenvalue weighted by atomic mass is 16.5. The molecule has 0 atom stereocenters. The molecule has 0 aliphatic carbocycles. The van der Waals surface area contributed by atoms with E-state index in [0.717, 1.165) is 11.0 Å². The van der Waals surface area contributed by atoms with Crippen LogP contribution in [0.1, 0.15) is 15.9 Å². The third-order valence-electron chi connectivity index (χ3n) is 3.17. The number of methoxy groups -OCH3 is 2. The molecule has 0 heterocycles. The number of hydrogen-bond donors (Lipinski definition) is 0. The van der Waals surface area contributed by atoms with Crippen LogP contribution in [0.5, 0.6) is 11.5 Å². The molecular formula is C17H17BO3. The lowest BCUT2D eigenvalue weighted by atomic mass is 9.94. The average molecular weight is 280 g/mol. The van der Waals surface area contributed by atoms with Crippen LogP contribution in [0.15, 0.2) is 48.5 Å². The zero-order valence-corrected chi connectivity index (χ0v) is 12.4. The highest BCUT2D eigenvalue weighted by Crippen LogP contribution is 2.27. The Morgan fingerprint density at radius 3 is 2.29 bits per heavy atom. The topological polar surface area (TPSA) is 35.5 Å². The number of ketones is 1. The van der Waals surface area contributed by atoms with Crippen molar-refractivity contribution in [1.29, 1.82) is 0 Å². The van der Waals surface area contributed by atoms with E-state index in [2.05, 4.69) is 0 Å². The summed E-state index contributed by atoms with van der Waals surface area (Å²) in [6.07, 6.45) is 3.33. The number of allylic oxidation sites excluding steroid dienone is 1. The molecule has 2 rings (SSSR count). The van der Waals surface area contributed by atoms with Crippen molar-refractivity contribution >= 4 is 25.2 Å². The molecule has 0 aliphatic rings. The molecule has 0 aliphatic heterocycles. The van der Waals surface area contributed by atoms with Crippen molar-refractivity contribution < 1.29 is 14.3 Å². The zero-order valence-electron chi connectivity index (χ0n) is 12.4. The maximum atomic E-state index is 12.1. The Balaban J connectivity index is 2.17. The van der Waals surface area contributed by atoms with Gasteiger partial charge in [-0.25, -0.2) is 0 Å². The molecule has 21 heavy (non-hydrogen) atoms. The Kier molecular flexibility index (Phi) is 4.83. The standard InChI is InChI=1S/C17H17BO3/c1-20-16-10-4-12(11-17(16)21-2)3-9-15(19)13-5-7-14(18)8-6-13/h3-11H,18H2,1-2H3/b9-3+. The van der Waals surface area contributed by atoms with Gasteiger partial charge < -0.3 is 9.47 Å². The van der Waals surface area contributed by atoms with Crippen molar-refractivity contribution in [1.82, 2.24) is 0 Å². The zero-order chi connectivity index (χ0) is 15.2. The van der Waals surface area contributed by atoms with Crippen LogP contribution in [0.4, 0.5) is 0 Å². The van der Waals surface area contributed by atoms with Gasteiger partial charge in [-0.05, 0) is 23.8 Å². The summed E-state index contributed by atoms with van der Waals surface area (Å²) in [7, 11) is 5.17. The normalized spacial score (nSPS) is 10.6. The highest BCUT2D eigenvalue weighted by molar-refractivity contribution is 6.32. The van der Waals surface area contributed by atoms with Crippen LogP contribution in [0.25, 0.3) is 6.08 Å².